The Balaban J connectivity index is 1.72. The van der Waals surface area contributed by atoms with Gasteiger partial charge in [-0.2, -0.15) is 0 Å². The van der Waals surface area contributed by atoms with Crippen LogP contribution in [0, 0.1) is 11.8 Å². The molecule has 1 N–H and O–H groups in total. The van der Waals surface area contributed by atoms with E-state index >= 15 is 0 Å². The van der Waals surface area contributed by atoms with Gasteiger partial charge in [-0.05, 0) is 41.3 Å². The molecule has 2 aliphatic rings. The van der Waals surface area contributed by atoms with Gasteiger partial charge >= 0.3 is 0 Å². The summed E-state index contributed by atoms with van der Waals surface area (Å²) in [5, 5.41) is 5.20. The summed E-state index contributed by atoms with van der Waals surface area (Å²) >= 11 is 1.62. The lowest BCUT2D eigenvalue weighted by molar-refractivity contribution is -0.124. The molecule has 5 heteroatoms. The Morgan fingerprint density at radius 3 is 2.68 bits per heavy atom. The second-order valence-corrected chi connectivity index (χ2v) is 9.38. The molecule has 2 heterocycles. The second kappa shape index (κ2) is 8.08. The SMILES string of the molecule is CC(C)CN1C(=O)c2ccccc2[C@H](C(=O)NCCC2CC2)[C@@H]1c1cccs1. The Morgan fingerprint density at radius 2 is 2.00 bits per heavy atom. The normalized spacial score (nSPS) is 21.7. The minimum Gasteiger partial charge on any atom is -0.355 e. The molecule has 4 nitrogen and oxygen atoms in total. The molecule has 0 saturated heterocycles. The van der Waals surface area contributed by atoms with Crippen LogP contribution in [0.1, 0.15) is 65.9 Å². The maximum absolute atomic E-state index is 13.4. The standard InChI is InChI=1S/C23H28N2O2S/c1-15(2)14-25-21(19-8-5-13-28-19)20(22(26)24-12-11-16-9-10-16)17-6-3-4-7-18(17)23(25)27/h3-8,13,15-16,20-21H,9-12,14H2,1-2H3,(H,24,26)/t20-,21-/m0/s1. The number of thiophene rings is 1. The van der Waals surface area contributed by atoms with Crippen LogP contribution in [-0.2, 0) is 4.79 Å². The van der Waals surface area contributed by atoms with E-state index in [2.05, 4.69) is 19.2 Å². The van der Waals surface area contributed by atoms with Crippen LogP contribution in [-0.4, -0.2) is 29.8 Å². The Morgan fingerprint density at radius 1 is 1.21 bits per heavy atom. The van der Waals surface area contributed by atoms with Gasteiger partial charge in [-0.3, -0.25) is 9.59 Å². The Labute approximate surface area is 170 Å². The average molecular weight is 397 g/mol. The van der Waals surface area contributed by atoms with E-state index in [9.17, 15) is 9.59 Å². The van der Waals surface area contributed by atoms with Gasteiger partial charge < -0.3 is 10.2 Å². The van der Waals surface area contributed by atoms with Gasteiger partial charge in [0.1, 0.15) is 0 Å². The van der Waals surface area contributed by atoms with E-state index in [1.807, 2.05) is 46.7 Å². The van der Waals surface area contributed by atoms with Gasteiger partial charge in [0.2, 0.25) is 5.91 Å². The maximum atomic E-state index is 13.4. The van der Waals surface area contributed by atoms with Crippen LogP contribution in [0.3, 0.4) is 0 Å². The van der Waals surface area contributed by atoms with Crippen LogP contribution in [0.4, 0.5) is 0 Å². The number of rotatable bonds is 7. The van der Waals surface area contributed by atoms with E-state index in [4.69, 9.17) is 0 Å². The van der Waals surface area contributed by atoms with Crippen LogP contribution in [0.15, 0.2) is 41.8 Å². The van der Waals surface area contributed by atoms with E-state index in [1.54, 1.807) is 11.3 Å². The summed E-state index contributed by atoms with van der Waals surface area (Å²) in [6, 6.07) is 11.4. The lowest BCUT2D eigenvalue weighted by Crippen LogP contribution is -2.48. The van der Waals surface area contributed by atoms with Crippen molar-refractivity contribution < 1.29 is 9.59 Å². The third-order valence-electron chi connectivity index (χ3n) is 5.67. The van der Waals surface area contributed by atoms with Crippen molar-refractivity contribution in [2.75, 3.05) is 13.1 Å². The summed E-state index contributed by atoms with van der Waals surface area (Å²) in [7, 11) is 0. The van der Waals surface area contributed by atoms with Crippen molar-refractivity contribution >= 4 is 23.2 Å². The first-order valence-electron chi connectivity index (χ1n) is 10.3. The molecule has 1 aliphatic carbocycles. The number of nitrogens with one attached hydrogen (secondary N) is 1. The molecule has 0 radical (unpaired) electrons. The summed E-state index contributed by atoms with van der Waals surface area (Å²) in [5.41, 5.74) is 1.52. The van der Waals surface area contributed by atoms with Gasteiger partial charge in [-0.1, -0.05) is 51.0 Å². The number of fused-ring (bicyclic) bond motifs is 1. The Kier molecular flexibility index (Phi) is 5.54. The maximum Gasteiger partial charge on any atom is 0.254 e. The zero-order chi connectivity index (χ0) is 19.7. The quantitative estimate of drug-likeness (QED) is 0.743. The molecule has 0 unspecified atom stereocenters. The molecule has 4 rings (SSSR count). The van der Waals surface area contributed by atoms with Crippen molar-refractivity contribution in [1.82, 2.24) is 10.2 Å². The van der Waals surface area contributed by atoms with Crippen molar-refractivity contribution in [2.45, 2.75) is 45.1 Å². The summed E-state index contributed by atoms with van der Waals surface area (Å²) < 4.78 is 0. The average Bonchev–Trinajstić information content (AvgIpc) is 3.34. The van der Waals surface area contributed by atoms with Gasteiger partial charge in [-0.15, -0.1) is 11.3 Å². The van der Waals surface area contributed by atoms with E-state index in [0.29, 0.717) is 18.0 Å². The molecular formula is C23H28N2O2S. The molecule has 28 heavy (non-hydrogen) atoms. The molecule has 1 saturated carbocycles. The highest BCUT2D eigenvalue weighted by molar-refractivity contribution is 7.10. The van der Waals surface area contributed by atoms with E-state index < -0.39 is 0 Å². The number of hydrogen-bond donors (Lipinski definition) is 1. The van der Waals surface area contributed by atoms with Crippen molar-refractivity contribution in [3.63, 3.8) is 0 Å². The van der Waals surface area contributed by atoms with Crippen molar-refractivity contribution in [1.29, 1.82) is 0 Å². The van der Waals surface area contributed by atoms with E-state index in [1.165, 1.54) is 12.8 Å². The highest BCUT2D eigenvalue weighted by Crippen LogP contribution is 2.44. The summed E-state index contributed by atoms with van der Waals surface area (Å²) in [6.07, 6.45) is 3.63. The monoisotopic (exact) mass is 396 g/mol. The van der Waals surface area contributed by atoms with Crippen LogP contribution in [0.25, 0.3) is 0 Å². The molecule has 1 aromatic carbocycles. The molecule has 2 atom stereocenters. The summed E-state index contributed by atoms with van der Waals surface area (Å²) in [6.45, 7) is 5.59. The number of amides is 2. The van der Waals surface area contributed by atoms with E-state index in [-0.39, 0.29) is 23.8 Å². The van der Waals surface area contributed by atoms with Gasteiger partial charge in [0.05, 0.1) is 12.0 Å². The molecule has 1 fully saturated rings. The summed E-state index contributed by atoms with van der Waals surface area (Å²) in [5.74, 6) is 0.810. The van der Waals surface area contributed by atoms with Crippen LogP contribution in [0.2, 0.25) is 0 Å². The molecule has 1 aromatic heterocycles. The number of carbonyl (C=O) groups excluding carboxylic acids is 2. The summed E-state index contributed by atoms with van der Waals surface area (Å²) in [4.78, 5) is 29.7. The second-order valence-electron chi connectivity index (χ2n) is 8.40. The van der Waals surface area contributed by atoms with Crippen LogP contribution < -0.4 is 5.32 Å². The minimum absolute atomic E-state index is 0.0322. The van der Waals surface area contributed by atoms with Crippen molar-refractivity contribution in [3.8, 4) is 0 Å². The molecule has 2 aromatic rings. The zero-order valence-corrected chi connectivity index (χ0v) is 17.4. The topological polar surface area (TPSA) is 49.4 Å². The molecule has 0 bridgehead atoms. The van der Waals surface area contributed by atoms with Gasteiger partial charge in [-0.25, -0.2) is 0 Å². The fourth-order valence-electron chi connectivity index (χ4n) is 4.16. The van der Waals surface area contributed by atoms with Crippen molar-refractivity contribution in [2.24, 2.45) is 11.8 Å². The first kappa shape index (κ1) is 19.2. The largest absolute Gasteiger partial charge is 0.355 e. The molecular weight excluding hydrogens is 368 g/mol. The number of carbonyl (C=O) groups is 2. The Hall–Kier alpha value is -2.14. The molecule has 0 spiro atoms. The minimum atomic E-state index is -0.370. The van der Waals surface area contributed by atoms with Crippen LogP contribution in [0.5, 0.6) is 0 Å². The predicted molar refractivity (Wildman–Crippen MR) is 112 cm³/mol. The molecule has 148 valence electrons. The lowest BCUT2D eigenvalue weighted by Gasteiger charge is -2.42. The predicted octanol–water partition coefficient (Wildman–Crippen LogP) is 4.60. The highest BCUT2D eigenvalue weighted by Gasteiger charge is 2.44. The third-order valence-corrected chi connectivity index (χ3v) is 6.61. The fourth-order valence-corrected chi connectivity index (χ4v) is 5.04. The van der Waals surface area contributed by atoms with Crippen molar-refractivity contribution in [3.05, 3.63) is 57.8 Å². The number of nitrogens with zero attached hydrogens (tertiary/aromatic N) is 1. The lowest BCUT2D eigenvalue weighted by atomic mass is 9.81. The van der Waals surface area contributed by atoms with Gasteiger partial charge in [0.15, 0.2) is 0 Å². The number of hydrogen-bond acceptors (Lipinski definition) is 3. The molecule has 2 amide bonds. The first-order chi connectivity index (χ1) is 13.6. The smallest absolute Gasteiger partial charge is 0.254 e. The highest BCUT2D eigenvalue weighted by atomic mass is 32.1. The van der Waals surface area contributed by atoms with Crippen LogP contribution >= 0.6 is 11.3 Å². The van der Waals surface area contributed by atoms with Gasteiger partial charge in [0.25, 0.3) is 5.91 Å². The van der Waals surface area contributed by atoms with Gasteiger partial charge in [0, 0.05) is 23.5 Å². The fraction of sp³-hybridized carbons (Fsp3) is 0.478. The van der Waals surface area contributed by atoms with E-state index in [0.717, 1.165) is 29.3 Å². The Bertz CT molecular complexity index is 842. The zero-order valence-electron chi connectivity index (χ0n) is 16.6. The first-order valence-corrected chi connectivity index (χ1v) is 11.1. The third kappa shape index (κ3) is 3.86. The number of benzene rings is 1. The molecule has 1 aliphatic heterocycles.